The Hall–Kier alpha value is -4.42. The highest BCUT2D eigenvalue weighted by Gasteiger charge is 2.42. The molecule has 4 heterocycles. The summed E-state index contributed by atoms with van der Waals surface area (Å²) in [5, 5.41) is 30.8. The van der Waals surface area contributed by atoms with Crippen LogP contribution in [-0.2, 0) is 11.1 Å². The van der Waals surface area contributed by atoms with Gasteiger partial charge in [-0.3, -0.25) is 4.79 Å². The van der Waals surface area contributed by atoms with Gasteiger partial charge in [-0.2, -0.15) is 4.98 Å². The lowest BCUT2D eigenvalue weighted by Gasteiger charge is -2.27. The molecule has 0 fully saturated rings. The van der Waals surface area contributed by atoms with Crippen molar-refractivity contribution in [2.75, 3.05) is 24.3 Å². The van der Waals surface area contributed by atoms with Crippen LogP contribution < -0.4 is 10.6 Å². The van der Waals surface area contributed by atoms with E-state index < -0.39 is 17.2 Å². The Kier molecular flexibility index (Phi) is 6.52. The molecule has 0 radical (unpaired) electrons. The number of rotatable bonds is 8. The summed E-state index contributed by atoms with van der Waals surface area (Å²) in [7, 11) is 1.74. The number of benzene rings is 1. The van der Waals surface area contributed by atoms with E-state index in [1.807, 2.05) is 44.2 Å². The standard InChI is InChI=1S/C27H30N8O4/c1-26(2)21-17(23(37)35(26)5)13-29-25(32-21)31-20-11-18(30-19(14-36)15-9-7-6-8-10-15)16(12-28-20)22-33-24(34-39-22)27(3,4)38/h6-13,19,36,38H,14H2,1-5H3,(H2,28,29,30,31,32)/t19-/m1/s1. The second-order valence-corrected chi connectivity index (χ2v) is 10.4. The maximum atomic E-state index is 12.6. The van der Waals surface area contributed by atoms with E-state index in [0.29, 0.717) is 28.3 Å². The smallest absolute Gasteiger partial charge is 0.261 e. The minimum atomic E-state index is -1.30. The van der Waals surface area contributed by atoms with Gasteiger partial charge >= 0.3 is 0 Å². The summed E-state index contributed by atoms with van der Waals surface area (Å²) in [6.07, 6.45) is 3.06. The van der Waals surface area contributed by atoms with Crippen molar-refractivity contribution >= 4 is 23.4 Å². The van der Waals surface area contributed by atoms with Crippen LogP contribution in [0.3, 0.4) is 0 Å². The molecule has 5 rings (SSSR count). The molecule has 0 unspecified atom stereocenters. The summed E-state index contributed by atoms with van der Waals surface area (Å²) in [6, 6.07) is 10.8. The van der Waals surface area contributed by atoms with Gasteiger partial charge < -0.3 is 30.3 Å². The number of aliphatic hydroxyl groups excluding tert-OH is 1. The monoisotopic (exact) mass is 530 g/mol. The van der Waals surface area contributed by atoms with Gasteiger partial charge in [-0.1, -0.05) is 35.5 Å². The van der Waals surface area contributed by atoms with E-state index in [9.17, 15) is 15.0 Å². The Labute approximate surface area is 225 Å². The molecular formula is C27H30N8O4. The number of aliphatic hydroxyl groups is 2. The summed E-state index contributed by atoms with van der Waals surface area (Å²) in [5.41, 5.74) is 1.09. The Bertz CT molecular complexity index is 1510. The van der Waals surface area contributed by atoms with E-state index >= 15 is 0 Å². The summed E-state index contributed by atoms with van der Waals surface area (Å²) in [4.78, 5) is 32.0. The van der Waals surface area contributed by atoms with Gasteiger partial charge in [0.25, 0.3) is 11.8 Å². The summed E-state index contributed by atoms with van der Waals surface area (Å²) in [5.74, 6) is 0.830. The molecule has 12 heteroatoms. The van der Waals surface area contributed by atoms with E-state index in [-0.39, 0.29) is 30.2 Å². The first-order valence-electron chi connectivity index (χ1n) is 12.4. The molecular weight excluding hydrogens is 500 g/mol. The first kappa shape index (κ1) is 26.2. The predicted molar refractivity (Wildman–Crippen MR) is 143 cm³/mol. The molecule has 3 aromatic heterocycles. The molecule has 1 amide bonds. The van der Waals surface area contributed by atoms with Crippen molar-refractivity contribution in [1.29, 1.82) is 0 Å². The number of hydrogen-bond acceptors (Lipinski definition) is 11. The zero-order valence-corrected chi connectivity index (χ0v) is 22.3. The third-order valence-electron chi connectivity index (χ3n) is 6.80. The zero-order chi connectivity index (χ0) is 27.9. The Morgan fingerprint density at radius 2 is 1.82 bits per heavy atom. The lowest BCUT2D eigenvalue weighted by atomic mass is 10.0. The van der Waals surface area contributed by atoms with Gasteiger partial charge in [0.05, 0.1) is 40.7 Å². The van der Waals surface area contributed by atoms with Gasteiger partial charge in [0.15, 0.2) is 0 Å². The molecule has 0 saturated carbocycles. The van der Waals surface area contributed by atoms with Gasteiger partial charge in [-0.05, 0) is 33.3 Å². The van der Waals surface area contributed by atoms with Crippen LogP contribution in [0.2, 0.25) is 0 Å². The number of aromatic nitrogens is 5. The highest BCUT2D eigenvalue weighted by Crippen LogP contribution is 2.37. The van der Waals surface area contributed by atoms with Crippen molar-refractivity contribution in [2.45, 2.75) is 44.9 Å². The highest BCUT2D eigenvalue weighted by atomic mass is 16.5. The second-order valence-electron chi connectivity index (χ2n) is 10.4. The Balaban J connectivity index is 1.52. The van der Waals surface area contributed by atoms with E-state index in [0.717, 1.165) is 5.56 Å². The molecule has 1 aromatic carbocycles. The van der Waals surface area contributed by atoms with Gasteiger partial charge in [-0.15, -0.1) is 0 Å². The number of carbonyl (C=O) groups is 1. The minimum Gasteiger partial charge on any atom is -0.394 e. The predicted octanol–water partition coefficient (Wildman–Crippen LogP) is 3.36. The van der Waals surface area contributed by atoms with Gasteiger partial charge in [0.1, 0.15) is 11.4 Å². The molecule has 202 valence electrons. The number of nitrogens with zero attached hydrogens (tertiary/aromatic N) is 6. The molecule has 1 atom stereocenters. The normalized spacial score (nSPS) is 15.3. The number of hydrogen-bond donors (Lipinski definition) is 4. The number of amides is 1. The van der Waals surface area contributed by atoms with Crippen LogP contribution in [0, 0.1) is 0 Å². The van der Waals surface area contributed by atoms with Crippen LogP contribution in [-0.4, -0.2) is 59.8 Å². The molecule has 1 aliphatic rings. The maximum absolute atomic E-state index is 12.6. The maximum Gasteiger partial charge on any atom is 0.261 e. The third kappa shape index (κ3) is 4.91. The topological polar surface area (TPSA) is 162 Å². The third-order valence-corrected chi connectivity index (χ3v) is 6.80. The van der Waals surface area contributed by atoms with Crippen LogP contribution in [0.1, 0.15) is 61.2 Å². The lowest BCUT2D eigenvalue weighted by Crippen LogP contribution is -2.35. The van der Waals surface area contributed by atoms with Gasteiger partial charge in [0.2, 0.25) is 11.8 Å². The molecule has 0 aliphatic carbocycles. The summed E-state index contributed by atoms with van der Waals surface area (Å²) in [6.45, 7) is 6.79. The van der Waals surface area contributed by atoms with Gasteiger partial charge in [0, 0.05) is 25.5 Å². The minimum absolute atomic E-state index is 0.126. The zero-order valence-electron chi connectivity index (χ0n) is 22.3. The number of nitrogens with one attached hydrogen (secondary N) is 2. The number of carbonyl (C=O) groups excluding carboxylic acids is 1. The summed E-state index contributed by atoms with van der Waals surface area (Å²) >= 11 is 0. The number of fused-ring (bicyclic) bond motifs is 1. The fourth-order valence-corrected chi connectivity index (χ4v) is 4.28. The first-order chi connectivity index (χ1) is 18.5. The Morgan fingerprint density at radius 3 is 2.49 bits per heavy atom. The van der Waals surface area contributed by atoms with Gasteiger partial charge in [-0.25, -0.2) is 15.0 Å². The van der Waals surface area contributed by atoms with Crippen molar-refractivity contribution in [3.8, 4) is 11.5 Å². The average molecular weight is 531 g/mol. The number of pyridine rings is 1. The van der Waals surface area contributed by atoms with Crippen LogP contribution in [0.25, 0.3) is 11.5 Å². The molecule has 4 N–H and O–H groups in total. The van der Waals surface area contributed by atoms with Crippen LogP contribution >= 0.6 is 0 Å². The fraction of sp³-hybridized carbons (Fsp3) is 0.333. The molecule has 0 saturated heterocycles. The van der Waals surface area contributed by atoms with E-state index in [2.05, 4.69) is 35.7 Å². The molecule has 12 nitrogen and oxygen atoms in total. The van der Waals surface area contributed by atoms with Crippen molar-refractivity contribution in [3.63, 3.8) is 0 Å². The van der Waals surface area contributed by atoms with Crippen LogP contribution in [0.4, 0.5) is 17.5 Å². The first-order valence-corrected chi connectivity index (χ1v) is 12.4. The molecule has 0 spiro atoms. The van der Waals surface area contributed by atoms with Crippen LogP contribution in [0.5, 0.6) is 0 Å². The Morgan fingerprint density at radius 1 is 1.10 bits per heavy atom. The number of anilines is 3. The molecule has 39 heavy (non-hydrogen) atoms. The van der Waals surface area contributed by atoms with Crippen molar-refractivity contribution in [2.24, 2.45) is 0 Å². The van der Waals surface area contributed by atoms with Crippen LogP contribution in [0.15, 0.2) is 53.3 Å². The van der Waals surface area contributed by atoms with E-state index in [1.54, 1.807) is 38.1 Å². The molecule has 4 aromatic rings. The van der Waals surface area contributed by atoms with E-state index in [4.69, 9.17) is 4.52 Å². The fourth-order valence-electron chi connectivity index (χ4n) is 4.28. The van der Waals surface area contributed by atoms with Crippen molar-refractivity contribution in [1.82, 2.24) is 30.0 Å². The summed E-state index contributed by atoms with van der Waals surface area (Å²) < 4.78 is 5.45. The van der Waals surface area contributed by atoms with Crippen molar-refractivity contribution in [3.05, 3.63) is 71.4 Å². The largest absolute Gasteiger partial charge is 0.394 e. The average Bonchev–Trinajstić information content (AvgIpc) is 3.47. The SMILES string of the molecule is CN1C(=O)c2cnc(Nc3cc(N[C@H](CO)c4ccccc4)c(-c4nc(C(C)(C)O)no4)cn3)nc2C1(C)C. The highest BCUT2D eigenvalue weighted by molar-refractivity contribution is 5.99. The molecule has 0 bridgehead atoms. The molecule has 1 aliphatic heterocycles. The second kappa shape index (κ2) is 9.71. The van der Waals surface area contributed by atoms with Crippen molar-refractivity contribution < 1.29 is 19.5 Å². The lowest BCUT2D eigenvalue weighted by molar-refractivity contribution is 0.0659. The quantitative estimate of drug-likeness (QED) is 0.264. The van der Waals surface area contributed by atoms with E-state index in [1.165, 1.54) is 6.20 Å².